The number of unbranched alkanes of at least 4 members (excludes halogenated alkanes) is 1. The molecule has 1 heterocycles. The van der Waals surface area contributed by atoms with E-state index in [4.69, 9.17) is 4.74 Å². The lowest BCUT2D eigenvalue weighted by molar-refractivity contribution is 0.0754. The number of carbonyl (C=O) groups is 1. The van der Waals surface area contributed by atoms with E-state index in [0.717, 1.165) is 43.9 Å². The minimum atomic E-state index is -0.0186. The van der Waals surface area contributed by atoms with E-state index in [2.05, 4.69) is 16.0 Å². The zero-order chi connectivity index (χ0) is 15.1. The fourth-order valence-corrected chi connectivity index (χ4v) is 2.23. The largest absolute Gasteiger partial charge is 0.382 e. The quantitative estimate of drug-likeness (QED) is 0.675. The molecule has 0 bridgehead atoms. The van der Waals surface area contributed by atoms with Gasteiger partial charge in [0.15, 0.2) is 0 Å². The monoisotopic (exact) mass is 291 g/mol. The molecular weight excluding hydrogens is 266 g/mol. The average molecular weight is 291 g/mol. The summed E-state index contributed by atoms with van der Waals surface area (Å²) in [6.07, 6.45) is 2.17. The van der Waals surface area contributed by atoms with E-state index < -0.39 is 0 Å². The smallest absolute Gasteiger partial charge is 0.251 e. The Hall–Kier alpha value is -1.75. The number of benzene rings is 1. The molecule has 1 amide bonds. The Balaban J connectivity index is 1.73. The van der Waals surface area contributed by atoms with Gasteiger partial charge in [-0.3, -0.25) is 4.79 Å². The van der Waals surface area contributed by atoms with Crippen molar-refractivity contribution in [2.24, 2.45) is 0 Å². The third kappa shape index (κ3) is 4.93. The van der Waals surface area contributed by atoms with Crippen molar-refractivity contribution < 1.29 is 9.53 Å². The van der Waals surface area contributed by atoms with Crippen molar-refractivity contribution in [3.63, 3.8) is 0 Å². The summed E-state index contributed by atoms with van der Waals surface area (Å²) in [5.74, 6) is -0.0186. The highest BCUT2D eigenvalue weighted by Gasteiger charge is 2.11. The van der Waals surface area contributed by atoms with Gasteiger partial charge < -0.3 is 20.7 Å². The molecule has 0 saturated heterocycles. The molecule has 5 heteroatoms. The molecule has 0 unspecified atom stereocenters. The van der Waals surface area contributed by atoms with E-state index in [1.54, 1.807) is 0 Å². The van der Waals surface area contributed by atoms with Crippen LogP contribution in [0.25, 0.3) is 0 Å². The third-order valence-corrected chi connectivity index (χ3v) is 3.35. The van der Waals surface area contributed by atoms with Gasteiger partial charge in [0.2, 0.25) is 0 Å². The van der Waals surface area contributed by atoms with E-state index in [0.29, 0.717) is 12.1 Å². The lowest BCUT2D eigenvalue weighted by atomic mass is 10.1. The van der Waals surface area contributed by atoms with Crippen LogP contribution in [0.5, 0.6) is 0 Å². The second-order valence-corrected chi connectivity index (χ2v) is 5.50. The molecule has 0 atom stereocenters. The van der Waals surface area contributed by atoms with E-state index in [1.165, 1.54) is 0 Å². The van der Waals surface area contributed by atoms with Crippen LogP contribution in [0.4, 0.5) is 11.4 Å². The Morgan fingerprint density at radius 1 is 1.24 bits per heavy atom. The van der Waals surface area contributed by atoms with Crippen LogP contribution in [0.2, 0.25) is 0 Å². The van der Waals surface area contributed by atoms with E-state index in [-0.39, 0.29) is 12.0 Å². The van der Waals surface area contributed by atoms with Gasteiger partial charge >= 0.3 is 0 Å². The molecule has 2 rings (SSSR count). The van der Waals surface area contributed by atoms with Crippen molar-refractivity contribution in [2.45, 2.75) is 32.8 Å². The van der Waals surface area contributed by atoms with E-state index >= 15 is 0 Å². The van der Waals surface area contributed by atoms with Gasteiger partial charge in [-0.15, -0.1) is 0 Å². The molecule has 0 fully saturated rings. The van der Waals surface area contributed by atoms with Crippen LogP contribution < -0.4 is 16.0 Å². The van der Waals surface area contributed by atoms with Crippen LogP contribution in [-0.4, -0.2) is 38.3 Å². The summed E-state index contributed by atoms with van der Waals surface area (Å²) >= 11 is 0. The lowest BCUT2D eigenvalue weighted by Gasteiger charge is -2.20. The maximum absolute atomic E-state index is 12.1. The van der Waals surface area contributed by atoms with Crippen LogP contribution >= 0.6 is 0 Å². The van der Waals surface area contributed by atoms with Crippen LogP contribution in [0.1, 0.15) is 37.0 Å². The summed E-state index contributed by atoms with van der Waals surface area (Å²) in [6.45, 7) is 7.29. The highest BCUT2D eigenvalue weighted by molar-refractivity contribution is 5.96. The standard InChI is InChI=1S/C16H25N3O2/c1-12(2)21-10-4-3-7-19-16(20)13-5-6-14-15(11-13)18-9-8-17-14/h5-6,11-12,17-18H,3-4,7-10H2,1-2H3,(H,19,20). The van der Waals surface area contributed by atoms with Gasteiger partial charge in [-0.1, -0.05) is 0 Å². The number of hydrogen-bond donors (Lipinski definition) is 3. The molecule has 0 aromatic heterocycles. The van der Waals surface area contributed by atoms with E-state index in [9.17, 15) is 4.79 Å². The molecule has 3 N–H and O–H groups in total. The molecule has 1 aliphatic heterocycles. The molecule has 5 nitrogen and oxygen atoms in total. The van der Waals surface area contributed by atoms with Crippen molar-refractivity contribution in [3.05, 3.63) is 23.8 Å². The maximum Gasteiger partial charge on any atom is 0.251 e. The fourth-order valence-electron chi connectivity index (χ4n) is 2.23. The van der Waals surface area contributed by atoms with Crippen LogP contribution in [0.3, 0.4) is 0 Å². The number of rotatable bonds is 7. The molecule has 0 saturated carbocycles. The second kappa shape index (κ2) is 7.88. The number of carbonyl (C=O) groups excluding carboxylic acids is 1. The Kier molecular flexibility index (Phi) is 5.87. The SMILES string of the molecule is CC(C)OCCCCNC(=O)c1ccc2c(c1)NCCN2. The summed E-state index contributed by atoms with van der Waals surface area (Å²) in [5, 5.41) is 9.54. The van der Waals surface area contributed by atoms with Crippen molar-refractivity contribution >= 4 is 17.3 Å². The molecule has 21 heavy (non-hydrogen) atoms. The Morgan fingerprint density at radius 3 is 2.76 bits per heavy atom. The number of hydrogen-bond acceptors (Lipinski definition) is 4. The van der Waals surface area contributed by atoms with Gasteiger partial charge in [-0.2, -0.15) is 0 Å². The van der Waals surface area contributed by atoms with Gasteiger partial charge in [0.1, 0.15) is 0 Å². The first-order valence-corrected chi connectivity index (χ1v) is 7.68. The molecule has 1 aliphatic rings. The number of nitrogens with one attached hydrogen (secondary N) is 3. The van der Waals surface area contributed by atoms with Crippen molar-refractivity contribution in [2.75, 3.05) is 36.9 Å². The van der Waals surface area contributed by atoms with Crippen molar-refractivity contribution in [3.8, 4) is 0 Å². The number of fused-ring (bicyclic) bond motifs is 1. The van der Waals surface area contributed by atoms with Crippen molar-refractivity contribution in [1.29, 1.82) is 0 Å². The summed E-state index contributed by atoms with van der Waals surface area (Å²) in [7, 11) is 0. The minimum absolute atomic E-state index is 0.0186. The first kappa shape index (κ1) is 15.6. The van der Waals surface area contributed by atoms with Crippen LogP contribution in [0, 0.1) is 0 Å². The predicted octanol–water partition coefficient (Wildman–Crippen LogP) is 2.46. The maximum atomic E-state index is 12.1. The highest BCUT2D eigenvalue weighted by atomic mass is 16.5. The van der Waals surface area contributed by atoms with Gasteiger partial charge in [-0.05, 0) is 44.9 Å². The van der Waals surface area contributed by atoms with Gasteiger partial charge in [0.25, 0.3) is 5.91 Å². The van der Waals surface area contributed by atoms with Crippen LogP contribution in [-0.2, 0) is 4.74 Å². The van der Waals surface area contributed by atoms with Gasteiger partial charge in [0.05, 0.1) is 17.5 Å². The summed E-state index contributed by atoms with van der Waals surface area (Å²) in [5.41, 5.74) is 2.76. The first-order chi connectivity index (χ1) is 10.2. The number of ether oxygens (including phenoxy) is 1. The molecule has 1 aromatic rings. The summed E-state index contributed by atoms with van der Waals surface area (Å²) in [4.78, 5) is 12.1. The average Bonchev–Trinajstić information content (AvgIpc) is 2.49. The van der Waals surface area contributed by atoms with Crippen LogP contribution in [0.15, 0.2) is 18.2 Å². The fraction of sp³-hybridized carbons (Fsp3) is 0.562. The lowest BCUT2D eigenvalue weighted by Crippen LogP contribution is -2.26. The highest BCUT2D eigenvalue weighted by Crippen LogP contribution is 2.25. The summed E-state index contributed by atoms with van der Waals surface area (Å²) < 4.78 is 5.47. The molecule has 0 aliphatic carbocycles. The molecule has 0 spiro atoms. The molecule has 1 aromatic carbocycles. The first-order valence-electron chi connectivity index (χ1n) is 7.68. The Morgan fingerprint density at radius 2 is 2.00 bits per heavy atom. The normalized spacial score (nSPS) is 13.3. The van der Waals surface area contributed by atoms with Crippen molar-refractivity contribution in [1.82, 2.24) is 5.32 Å². The summed E-state index contributed by atoms with van der Waals surface area (Å²) in [6, 6.07) is 5.71. The second-order valence-electron chi connectivity index (χ2n) is 5.50. The zero-order valence-electron chi connectivity index (χ0n) is 12.9. The van der Waals surface area contributed by atoms with Gasteiger partial charge in [0, 0.05) is 31.8 Å². The predicted molar refractivity (Wildman–Crippen MR) is 86.1 cm³/mol. The third-order valence-electron chi connectivity index (χ3n) is 3.35. The minimum Gasteiger partial charge on any atom is -0.382 e. The van der Waals surface area contributed by atoms with Gasteiger partial charge in [-0.25, -0.2) is 0 Å². The number of anilines is 2. The Labute approximate surface area is 126 Å². The zero-order valence-corrected chi connectivity index (χ0v) is 12.9. The Bertz CT molecular complexity index is 475. The number of amides is 1. The molecule has 116 valence electrons. The molecule has 0 radical (unpaired) electrons. The molecular formula is C16H25N3O2. The topological polar surface area (TPSA) is 62.4 Å². The van der Waals surface area contributed by atoms with E-state index in [1.807, 2.05) is 32.0 Å².